The molecule has 1 heterocycles. The number of aromatic nitrogens is 1. The van der Waals surface area contributed by atoms with E-state index in [1.54, 1.807) is 18.2 Å². The Hall–Kier alpha value is -2.30. The predicted octanol–water partition coefficient (Wildman–Crippen LogP) is 3.32. The summed E-state index contributed by atoms with van der Waals surface area (Å²) in [6.07, 6.45) is 3.09. The van der Waals surface area contributed by atoms with E-state index in [0.717, 1.165) is 42.2 Å². The van der Waals surface area contributed by atoms with Crippen molar-refractivity contribution in [3.8, 4) is 5.75 Å². The van der Waals surface area contributed by atoms with Gasteiger partial charge >= 0.3 is 5.97 Å². The molecule has 1 fully saturated rings. The number of carboxylic acid groups (broad SMARTS) is 1. The highest BCUT2D eigenvalue weighted by Crippen LogP contribution is 2.40. The van der Waals surface area contributed by atoms with Gasteiger partial charge in [-0.2, -0.15) is 0 Å². The number of aryl methyl sites for hydroxylation is 1. The van der Waals surface area contributed by atoms with Crippen molar-refractivity contribution in [1.82, 2.24) is 4.98 Å². The summed E-state index contributed by atoms with van der Waals surface area (Å²) in [4.78, 5) is 15.3. The fourth-order valence-electron chi connectivity index (χ4n) is 2.37. The van der Waals surface area contributed by atoms with Crippen molar-refractivity contribution in [2.75, 3.05) is 0 Å². The van der Waals surface area contributed by atoms with Gasteiger partial charge in [0.05, 0.1) is 6.42 Å². The molecule has 1 aliphatic rings. The van der Waals surface area contributed by atoms with Gasteiger partial charge in [-0.05, 0) is 30.5 Å². The summed E-state index contributed by atoms with van der Waals surface area (Å²) in [5.41, 5.74) is 1.56. The first kappa shape index (κ1) is 14.6. The van der Waals surface area contributed by atoms with Crippen LogP contribution in [-0.4, -0.2) is 16.1 Å². The van der Waals surface area contributed by atoms with Crippen LogP contribution in [0.25, 0.3) is 0 Å². The van der Waals surface area contributed by atoms with Crippen molar-refractivity contribution < 1.29 is 19.1 Å². The Kier molecular flexibility index (Phi) is 4.13. The third kappa shape index (κ3) is 3.47. The zero-order chi connectivity index (χ0) is 15.5. The Morgan fingerprint density at radius 1 is 1.45 bits per heavy atom. The van der Waals surface area contributed by atoms with E-state index in [2.05, 4.69) is 4.98 Å². The third-order valence-corrected chi connectivity index (χ3v) is 3.67. The van der Waals surface area contributed by atoms with Crippen LogP contribution >= 0.6 is 0 Å². The number of ether oxygens (including phenoxy) is 1. The number of hydrogen-bond acceptors (Lipinski definition) is 4. The van der Waals surface area contributed by atoms with E-state index in [4.69, 9.17) is 14.3 Å². The first-order valence-corrected chi connectivity index (χ1v) is 7.57. The van der Waals surface area contributed by atoms with Crippen molar-refractivity contribution in [1.29, 1.82) is 0 Å². The van der Waals surface area contributed by atoms with Crippen LogP contribution < -0.4 is 4.74 Å². The highest BCUT2D eigenvalue weighted by Gasteiger charge is 2.30. The molecule has 0 spiro atoms. The van der Waals surface area contributed by atoms with Gasteiger partial charge in [-0.1, -0.05) is 19.1 Å². The van der Waals surface area contributed by atoms with E-state index in [1.165, 1.54) is 0 Å². The second-order valence-electron chi connectivity index (χ2n) is 5.56. The summed E-state index contributed by atoms with van der Waals surface area (Å²) in [5, 5.41) is 8.83. The molecule has 3 rings (SSSR count). The van der Waals surface area contributed by atoms with Crippen LogP contribution in [-0.2, 0) is 24.2 Å². The van der Waals surface area contributed by atoms with Crippen LogP contribution in [0, 0.1) is 0 Å². The summed E-state index contributed by atoms with van der Waals surface area (Å²) in [7, 11) is 0. The fourth-order valence-corrected chi connectivity index (χ4v) is 2.37. The molecule has 0 bridgehead atoms. The summed E-state index contributed by atoms with van der Waals surface area (Å²) in [6.45, 7) is 2.38. The van der Waals surface area contributed by atoms with Gasteiger partial charge in [0.2, 0.25) is 0 Å². The zero-order valence-corrected chi connectivity index (χ0v) is 12.5. The number of rotatable bonds is 7. The third-order valence-electron chi connectivity index (χ3n) is 3.67. The number of carboxylic acids is 1. The van der Waals surface area contributed by atoms with Gasteiger partial charge in [-0.25, -0.2) is 4.98 Å². The molecule has 22 heavy (non-hydrogen) atoms. The molecule has 1 aromatic carbocycles. The quantitative estimate of drug-likeness (QED) is 0.849. The van der Waals surface area contributed by atoms with Gasteiger partial charge in [-0.15, -0.1) is 0 Å². The Labute approximate surface area is 128 Å². The van der Waals surface area contributed by atoms with E-state index in [0.29, 0.717) is 18.3 Å². The number of oxazole rings is 1. The highest BCUT2D eigenvalue weighted by molar-refractivity contribution is 5.70. The maximum atomic E-state index is 10.8. The Bertz CT molecular complexity index is 673. The lowest BCUT2D eigenvalue weighted by Crippen LogP contribution is -2.02. The average Bonchev–Trinajstić information content (AvgIpc) is 3.25. The molecule has 0 saturated heterocycles. The maximum absolute atomic E-state index is 10.8. The molecular formula is C17H19NO4. The second kappa shape index (κ2) is 6.22. The van der Waals surface area contributed by atoms with Crippen molar-refractivity contribution in [3.63, 3.8) is 0 Å². The average molecular weight is 301 g/mol. The lowest BCUT2D eigenvalue weighted by Gasteiger charge is -2.06. The molecule has 116 valence electrons. The Morgan fingerprint density at radius 2 is 2.27 bits per heavy atom. The monoisotopic (exact) mass is 301 g/mol. The molecule has 5 heteroatoms. The number of carbonyl (C=O) groups is 1. The van der Waals surface area contributed by atoms with Crippen molar-refractivity contribution in [3.05, 3.63) is 47.2 Å². The van der Waals surface area contributed by atoms with Crippen LogP contribution in [0.15, 0.2) is 28.7 Å². The molecule has 2 aromatic rings. The molecular weight excluding hydrogens is 282 g/mol. The van der Waals surface area contributed by atoms with E-state index < -0.39 is 5.97 Å². The molecule has 0 unspecified atom stereocenters. The molecule has 0 amide bonds. The summed E-state index contributed by atoms with van der Waals surface area (Å²) >= 11 is 0. The summed E-state index contributed by atoms with van der Waals surface area (Å²) in [6, 6.07) is 7.15. The molecule has 1 saturated carbocycles. The zero-order valence-electron chi connectivity index (χ0n) is 12.5. The number of aliphatic carboxylic acids is 1. The first-order chi connectivity index (χ1) is 10.7. The van der Waals surface area contributed by atoms with Gasteiger partial charge in [-0.3, -0.25) is 4.79 Å². The van der Waals surface area contributed by atoms with Gasteiger partial charge in [0.15, 0.2) is 5.89 Å². The summed E-state index contributed by atoms with van der Waals surface area (Å²) < 4.78 is 11.5. The standard InChI is InChI=1S/C17H19NO4/c1-2-15-14(18-17(22-15)12-6-7-12)10-21-13-5-3-4-11(8-13)9-16(19)20/h3-5,8,12H,2,6-7,9-10H2,1H3,(H,19,20). The normalized spacial score (nSPS) is 14.0. The molecule has 5 nitrogen and oxygen atoms in total. The maximum Gasteiger partial charge on any atom is 0.307 e. The van der Waals surface area contributed by atoms with E-state index in [-0.39, 0.29) is 6.42 Å². The van der Waals surface area contributed by atoms with Crippen molar-refractivity contribution >= 4 is 5.97 Å². The minimum Gasteiger partial charge on any atom is -0.487 e. The topological polar surface area (TPSA) is 72.6 Å². The Balaban J connectivity index is 1.68. The lowest BCUT2D eigenvalue weighted by molar-refractivity contribution is -0.136. The Morgan fingerprint density at radius 3 is 2.95 bits per heavy atom. The van der Waals surface area contributed by atoms with Crippen LogP contribution in [0.2, 0.25) is 0 Å². The molecule has 1 aromatic heterocycles. The van der Waals surface area contributed by atoms with Crippen LogP contribution in [0.1, 0.15) is 48.6 Å². The van der Waals surface area contributed by atoms with Gasteiger partial charge in [0.1, 0.15) is 23.8 Å². The smallest absolute Gasteiger partial charge is 0.307 e. The van der Waals surface area contributed by atoms with Crippen molar-refractivity contribution in [2.45, 2.75) is 45.1 Å². The number of benzene rings is 1. The van der Waals surface area contributed by atoms with E-state index in [1.807, 2.05) is 13.0 Å². The molecule has 0 aliphatic heterocycles. The fraction of sp³-hybridized carbons (Fsp3) is 0.412. The lowest BCUT2D eigenvalue weighted by atomic mass is 10.1. The van der Waals surface area contributed by atoms with Crippen LogP contribution in [0.3, 0.4) is 0 Å². The molecule has 1 aliphatic carbocycles. The first-order valence-electron chi connectivity index (χ1n) is 7.57. The van der Waals surface area contributed by atoms with E-state index >= 15 is 0 Å². The number of hydrogen-bond donors (Lipinski definition) is 1. The van der Waals surface area contributed by atoms with Crippen LogP contribution in [0.5, 0.6) is 5.75 Å². The second-order valence-corrected chi connectivity index (χ2v) is 5.56. The number of nitrogens with zero attached hydrogens (tertiary/aromatic N) is 1. The highest BCUT2D eigenvalue weighted by atomic mass is 16.5. The molecule has 1 N–H and O–H groups in total. The van der Waals surface area contributed by atoms with Crippen molar-refractivity contribution in [2.24, 2.45) is 0 Å². The van der Waals surface area contributed by atoms with E-state index in [9.17, 15) is 4.79 Å². The largest absolute Gasteiger partial charge is 0.487 e. The van der Waals surface area contributed by atoms with Crippen LogP contribution in [0.4, 0.5) is 0 Å². The predicted molar refractivity (Wildman–Crippen MR) is 80.0 cm³/mol. The molecule has 0 radical (unpaired) electrons. The van der Waals surface area contributed by atoms with Gasteiger partial charge in [0.25, 0.3) is 0 Å². The minimum absolute atomic E-state index is 0.00675. The summed E-state index contributed by atoms with van der Waals surface area (Å²) in [5.74, 6) is 1.99. The SMILES string of the molecule is CCc1oc(C2CC2)nc1COc1cccc(CC(=O)O)c1. The minimum atomic E-state index is -0.851. The molecule has 0 atom stereocenters. The van der Waals surface area contributed by atoms with Gasteiger partial charge < -0.3 is 14.3 Å². The van der Waals surface area contributed by atoms with Gasteiger partial charge in [0, 0.05) is 12.3 Å².